The third-order valence-electron chi connectivity index (χ3n) is 4.14. The Labute approximate surface area is 124 Å². The van der Waals surface area contributed by atoms with Crippen molar-refractivity contribution in [2.75, 3.05) is 0 Å². The number of benzene rings is 1. The van der Waals surface area contributed by atoms with Crippen LogP contribution in [0.1, 0.15) is 33.1 Å². The third kappa shape index (κ3) is 3.38. The van der Waals surface area contributed by atoms with Crippen molar-refractivity contribution in [1.29, 1.82) is 0 Å². The van der Waals surface area contributed by atoms with Gasteiger partial charge in [-0.05, 0) is 46.3 Å². The lowest BCUT2D eigenvalue weighted by molar-refractivity contribution is 0.227. The summed E-state index contributed by atoms with van der Waals surface area (Å²) in [5.41, 5.74) is 0. The minimum atomic E-state index is -3.44. The van der Waals surface area contributed by atoms with Crippen molar-refractivity contribution in [3.05, 3.63) is 28.7 Å². The summed E-state index contributed by atoms with van der Waals surface area (Å²) in [6.45, 7) is 4.33. The molecule has 0 radical (unpaired) electrons. The molecular weight excluding hydrogens is 326 g/mol. The Kier molecular flexibility index (Phi) is 4.69. The molecule has 0 saturated heterocycles. The predicted octanol–water partition coefficient (Wildman–Crippen LogP) is 3.55. The Hall–Kier alpha value is -0.390. The van der Waals surface area contributed by atoms with Crippen molar-refractivity contribution in [2.24, 2.45) is 11.8 Å². The van der Waals surface area contributed by atoms with Crippen LogP contribution in [0.2, 0.25) is 0 Å². The molecule has 1 saturated carbocycles. The molecule has 0 amide bonds. The molecule has 3 atom stereocenters. The molecule has 3 unspecified atom stereocenters. The van der Waals surface area contributed by atoms with E-state index < -0.39 is 10.0 Å². The van der Waals surface area contributed by atoms with Gasteiger partial charge in [-0.2, -0.15) is 0 Å². The van der Waals surface area contributed by atoms with E-state index in [1.807, 2.05) is 6.07 Å². The average Bonchev–Trinajstić information content (AvgIpc) is 2.35. The van der Waals surface area contributed by atoms with Crippen LogP contribution in [-0.4, -0.2) is 14.5 Å². The molecule has 2 rings (SSSR count). The lowest BCUT2D eigenvalue weighted by Gasteiger charge is -2.34. The van der Waals surface area contributed by atoms with Crippen molar-refractivity contribution in [3.8, 4) is 0 Å². The number of halogens is 1. The van der Waals surface area contributed by atoms with Gasteiger partial charge in [0.15, 0.2) is 0 Å². The quantitative estimate of drug-likeness (QED) is 0.910. The van der Waals surface area contributed by atoms with Gasteiger partial charge in [0.1, 0.15) is 0 Å². The maximum Gasteiger partial charge on any atom is 0.241 e. The summed E-state index contributed by atoms with van der Waals surface area (Å²) in [5, 5.41) is 0. The summed E-state index contributed by atoms with van der Waals surface area (Å²) in [6, 6.07) is 6.98. The van der Waals surface area contributed by atoms with Gasteiger partial charge in [0.2, 0.25) is 10.0 Å². The molecule has 1 aromatic rings. The van der Waals surface area contributed by atoms with Crippen LogP contribution in [0.3, 0.4) is 0 Å². The maximum atomic E-state index is 12.4. The summed E-state index contributed by atoms with van der Waals surface area (Å²) in [7, 11) is -3.44. The molecule has 1 aliphatic carbocycles. The van der Waals surface area contributed by atoms with E-state index >= 15 is 0 Å². The van der Waals surface area contributed by atoms with Gasteiger partial charge >= 0.3 is 0 Å². The monoisotopic (exact) mass is 345 g/mol. The number of sulfonamides is 1. The summed E-state index contributed by atoms with van der Waals surface area (Å²) >= 11 is 3.30. The summed E-state index contributed by atoms with van der Waals surface area (Å²) in [4.78, 5) is 0.320. The second-order valence-electron chi connectivity index (χ2n) is 5.43. The normalized spacial score (nSPS) is 28.3. The van der Waals surface area contributed by atoms with Crippen LogP contribution < -0.4 is 4.72 Å². The van der Waals surface area contributed by atoms with Gasteiger partial charge in [-0.25, -0.2) is 13.1 Å². The fraction of sp³-hybridized carbons (Fsp3) is 0.571. The van der Waals surface area contributed by atoms with E-state index in [1.54, 1.807) is 18.2 Å². The minimum Gasteiger partial charge on any atom is -0.208 e. The fourth-order valence-electron chi connectivity index (χ4n) is 2.67. The number of nitrogens with one attached hydrogen (secondary N) is 1. The standard InChI is InChI=1S/C14H20BrNO2S/c1-10-6-5-8-13(11(10)2)16-19(17,18)14-9-4-3-7-12(14)15/h3-4,7,9-11,13,16H,5-6,8H2,1-2H3. The summed E-state index contributed by atoms with van der Waals surface area (Å²) < 4.78 is 28.3. The SMILES string of the molecule is CC1CCCC(NS(=O)(=O)c2ccccc2Br)C1C. The van der Waals surface area contributed by atoms with Gasteiger partial charge in [0.05, 0.1) is 4.90 Å². The molecule has 0 aliphatic heterocycles. The second kappa shape index (κ2) is 5.94. The van der Waals surface area contributed by atoms with E-state index in [0.29, 0.717) is 21.2 Å². The van der Waals surface area contributed by atoms with Gasteiger partial charge in [0.25, 0.3) is 0 Å². The lowest BCUT2D eigenvalue weighted by atomic mass is 9.78. The van der Waals surface area contributed by atoms with Gasteiger partial charge in [0, 0.05) is 10.5 Å². The Morgan fingerprint density at radius 1 is 1.21 bits per heavy atom. The topological polar surface area (TPSA) is 46.2 Å². The number of hydrogen-bond acceptors (Lipinski definition) is 2. The first-order valence-corrected chi connectivity index (χ1v) is 8.96. The molecule has 0 bridgehead atoms. The number of rotatable bonds is 3. The second-order valence-corrected chi connectivity index (χ2v) is 7.96. The molecule has 1 aliphatic rings. The highest BCUT2D eigenvalue weighted by Gasteiger charge is 2.31. The summed E-state index contributed by atoms with van der Waals surface area (Å²) in [6.07, 6.45) is 3.21. The third-order valence-corrected chi connectivity index (χ3v) is 6.64. The highest BCUT2D eigenvalue weighted by atomic mass is 79.9. The molecule has 3 nitrogen and oxygen atoms in total. The first-order chi connectivity index (χ1) is 8.92. The van der Waals surface area contributed by atoms with E-state index in [9.17, 15) is 8.42 Å². The molecule has 5 heteroatoms. The van der Waals surface area contributed by atoms with Gasteiger partial charge in [-0.15, -0.1) is 0 Å². The van der Waals surface area contributed by atoms with Crippen molar-refractivity contribution < 1.29 is 8.42 Å². The maximum absolute atomic E-state index is 12.4. The van der Waals surface area contributed by atoms with Gasteiger partial charge in [-0.1, -0.05) is 38.8 Å². The molecule has 19 heavy (non-hydrogen) atoms. The fourth-order valence-corrected chi connectivity index (χ4v) is 5.04. The highest BCUT2D eigenvalue weighted by molar-refractivity contribution is 9.10. The van der Waals surface area contributed by atoms with E-state index in [-0.39, 0.29) is 6.04 Å². The van der Waals surface area contributed by atoms with Crippen LogP contribution in [-0.2, 0) is 10.0 Å². The zero-order chi connectivity index (χ0) is 14.0. The highest BCUT2D eigenvalue weighted by Crippen LogP contribution is 2.31. The molecule has 0 spiro atoms. The van der Waals surface area contributed by atoms with Crippen molar-refractivity contribution in [3.63, 3.8) is 0 Å². The first kappa shape index (κ1) is 15.0. The molecule has 0 heterocycles. The van der Waals surface area contributed by atoms with Crippen molar-refractivity contribution in [1.82, 2.24) is 4.72 Å². The van der Waals surface area contributed by atoms with E-state index in [1.165, 1.54) is 6.42 Å². The molecule has 1 N–H and O–H groups in total. The molecule has 1 fully saturated rings. The van der Waals surface area contributed by atoms with Crippen LogP contribution in [0.25, 0.3) is 0 Å². The molecule has 1 aromatic carbocycles. The first-order valence-electron chi connectivity index (χ1n) is 6.68. The van der Waals surface area contributed by atoms with E-state index in [4.69, 9.17) is 0 Å². The Morgan fingerprint density at radius 2 is 1.89 bits per heavy atom. The summed E-state index contributed by atoms with van der Waals surface area (Å²) in [5.74, 6) is 0.951. The zero-order valence-corrected chi connectivity index (χ0v) is 13.7. The van der Waals surface area contributed by atoms with Crippen molar-refractivity contribution >= 4 is 26.0 Å². The largest absolute Gasteiger partial charge is 0.241 e. The van der Waals surface area contributed by atoms with Gasteiger partial charge in [-0.3, -0.25) is 0 Å². The van der Waals surface area contributed by atoms with Crippen LogP contribution in [0.15, 0.2) is 33.6 Å². The number of hydrogen-bond donors (Lipinski definition) is 1. The van der Waals surface area contributed by atoms with Gasteiger partial charge < -0.3 is 0 Å². The Balaban J connectivity index is 2.20. The smallest absolute Gasteiger partial charge is 0.208 e. The molecule has 106 valence electrons. The van der Waals surface area contributed by atoms with Crippen LogP contribution >= 0.6 is 15.9 Å². The van der Waals surface area contributed by atoms with E-state index in [2.05, 4.69) is 34.5 Å². The van der Waals surface area contributed by atoms with E-state index in [0.717, 1.165) is 12.8 Å². The van der Waals surface area contributed by atoms with Crippen LogP contribution in [0, 0.1) is 11.8 Å². The average molecular weight is 346 g/mol. The Bertz CT molecular complexity index is 544. The Morgan fingerprint density at radius 3 is 2.58 bits per heavy atom. The minimum absolute atomic E-state index is 0.0425. The van der Waals surface area contributed by atoms with Crippen LogP contribution in [0.5, 0.6) is 0 Å². The van der Waals surface area contributed by atoms with Crippen LogP contribution in [0.4, 0.5) is 0 Å². The molecule has 0 aromatic heterocycles. The predicted molar refractivity (Wildman–Crippen MR) is 80.4 cm³/mol. The zero-order valence-electron chi connectivity index (χ0n) is 11.3. The van der Waals surface area contributed by atoms with Crippen molar-refractivity contribution in [2.45, 2.75) is 44.0 Å². The molecular formula is C14H20BrNO2S. The lowest BCUT2D eigenvalue weighted by Crippen LogP contribution is -2.43.